The van der Waals surface area contributed by atoms with E-state index in [4.69, 9.17) is 5.73 Å². The third kappa shape index (κ3) is 1.83. The zero-order valence-corrected chi connectivity index (χ0v) is 9.34. The predicted molar refractivity (Wildman–Crippen MR) is 59.2 cm³/mol. The van der Waals surface area contributed by atoms with E-state index in [-0.39, 0.29) is 5.41 Å². The zero-order chi connectivity index (χ0) is 11.8. The van der Waals surface area contributed by atoms with E-state index in [1.165, 1.54) is 12.1 Å². The maximum atomic E-state index is 13.7. The quantitative estimate of drug-likeness (QED) is 0.828. The largest absolute Gasteiger partial charge is 0.330 e. The Morgan fingerprint density at radius 1 is 1.44 bits per heavy atom. The highest BCUT2D eigenvalue weighted by Gasteiger charge is 2.38. The first-order valence-electron chi connectivity index (χ1n) is 5.41. The second kappa shape index (κ2) is 4.11. The van der Waals surface area contributed by atoms with Crippen molar-refractivity contribution in [1.82, 2.24) is 4.90 Å². The van der Waals surface area contributed by atoms with Crippen molar-refractivity contribution < 1.29 is 8.78 Å². The molecular formula is C12H16F2N2. The number of halogens is 2. The van der Waals surface area contributed by atoms with Crippen LogP contribution in [-0.4, -0.2) is 31.6 Å². The summed E-state index contributed by atoms with van der Waals surface area (Å²) in [5.74, 6) is -1.03. The maximum Gasteiger partial charge on any atom is 0.129 e. The third-order valence-electron chi connectivity index (χ3n) is 3.44. The summed E-state index contributed by atoms with van der Waals surface area (Å²) in [6.45, 7) is 2.01. The number of hydrogen-bond donors (Lipinski definition) is 1. The highest BCUT2D eigenvalue weighted by molar-refractivity contribution is 5.30. The summed E-state index contributed by atoms with van der Waals surface area (Å²) in [7, 11) is 1.98. The van der Waals surface area contributed by atoms with E-state index in [0.717, 1.165) is 25.6 Å². The molecule has 1 fully saturated rings. The molecule has 1 saturated heterocycles. The molecule has 1 atom stereocenters. The van der Waals surface area contributed by atoms with Crippen LogP contribution in [0.3, 0.4) is 0 Å². The lowest BCUT2D eigenvalue weighted by atomic mass is 9.79. The molecule has 16 heavy (non-hydrogen) atoms. The van der Waals surface area contributed by atoms with E-state index in [0.29, 0.717) is 12.1 Å². The van der Waals surface area contributed by atoms with Crippen LogP contribution in [0.5, 0.6) is 0 Å². The molecule has 0 radical (unpaired) electrons. The molecule has 2 nitrogen and oxygen atoms in total. The Kier molecular flexibility index (Phi) is 2.95. The lowest BCUT2D eigenvalue weighted by Gasteiger charge is -2.28. The van der Waals surface area contributed by atoms with Crippen molar-refractivity contribution in [3.05, 3.63) is 35.4 Å². The minimum absolute atomic E-state index is 0.355. The van der Waals surface area contributed by atoms with Crippen molar-refractivity contribution in [2.45, 2.75) is 11.8 Å². The first-order valence-corrected chi connectivity index (χ1v) is 5.41. The SMILES string of the molecule is CN1CCC(CN)(c2ccc(F)cc2F)C1. The summed E-state index contributed by atoms with van der Waals surface area (Å²) >= 11 is 0. The standard InChI is InChI=1S/C12H16F2N2/c1-16-5-4-12(7-15,8-16)10-3-2-9(13)6-11(10)14/h2-3,6H,4-5,7-8,15H2,1H3. The van der Waals surface area contributed by atoms with Crippen molar-refractivity contribution in [2.24, 2.45) is 5.73 Å². The molecule has 0 aliphatic carbocycles. The maximum absolute atomic E-state index is 13.7. The molecule has 1 heterocycles. The highest BCUT2D eigenvalue weighted by atomic mass is 19.1. The van der Waals surface area contributed by atoms with Crippen LogP contribution in [0.4, 0.5) is 8.78 Å². The van der Waals surface area contributed by atoms with Gasteiger partial charge in [-0.3, -0.25) is 0 Å². The van der Waals surface area contributed by atoms with Crippen LogP contribution < -0.4 is 5.73 Å². The Labute approximate surface area is 94.0 Å². The number of rotatable bonds is 2. The molecule has 2 N–H and O–H groups in total. The van der Waals surface area contributed by atoms with Crippen molar-refractivity contribution in [3.8, 4) is 0 Å². The smallest absolute Gasteiger partial charge is 0.129 e. The Morgan fingerprint density at radius 3 is 2.69 bits per heavy atom. The van der Waals surface area contributed by atoms with Gasteiger partial charge < -0.3 is 10.6 Å². The molecular weight excluding hydrogens is 210 g/mol. The molecule has 1 unspecified atom stereocenters. The molecule has 1 aliphatic heterocycles. The molecule has 1 aliphatic rings. The van der Waals surface area contributed by atoms with Crippen LogP contribution in [0.1, 0.15) is 12.0 Å². The number of nitrogens with two attached hydrogens (primary N) is 1. The van der Waals surface area contributed by atoms with Gasteiger partial charge in [0.25, 0.3) is 0 Å². The fraction of sp³-hybridized carbons (Fsp3) is 0.500. The fourth-order valence-electron chi connectivity index (χ4n) is 2.50. The van der Waals surface area contributed by atoms with E-state index in [9.17, 15) is 8.78 Å². The first kappa shape index (κ1) is 11.5. The van der Waals surface area contributed by atoms with E-state index in [1.54, 1.807) is 0 Å². The van der Waals surface area contributed by atoms with E-state index >= 15 is 0 Å². The van der Waals surface area contributed by atoms with Crippen LogP contribution >= 0.6 is 0 Å². The van der Waals surface area contributed by atoms with Gasteiger partial charge in [-0.05, 0) is 31.6 Å². The Bertz CT molecular complexity index is 395. The highest BCUT2D eigenvalue weighted by Crippen LogP contribution is 2.34. The lowest BCUT2D eigenvalue weighted by molar-refractivity contribution is 0.363. The first-order chi connectivity index (χ1) is 7.57. The second-order valence-corrected chi connectivity index (χ2v) is 4.60. The third-order valence-corrected chi connectivity index (χ3v) is 3.44. The number of likely N-dealkylation sites (N-methyl/N-ethyl adjacent to an activating group) is 1. The molecule has 0 aromatic heterocycles. The van der Waals surface area contributed by atoms with Crippen LogP contribution in [0.25, 0.3) is 0 Å². The van der Waals surface area contributed by atoms with Gasteiger partial charge in [0.15, 0.2) is 0 Å². The van der Waals surface area contributed by atoms with Gasteiger partial charge in [-0.1, -0.05) is 6.07 Å². The van der Waals surface area contributed by atoms with E-state index < -0.39 is 11.6 Å². The summed E-state index contributed by atoms with van der Waals surface area (Å²) in [4.78, 5) is 2.12. The predicted octanol–water partition coefficient (Wildman–Crippen LogP) is 1.50. The summed E-state index contributed by atoms with van der Waals surface area (Å²) in [5, 5.41) is 0. The van der Waals surface area contributed by atoms with Gasteiger partial charge in [-0.15, -0.1) is 0 Å². The van der Waals surface area contributed by atoms with Gasteiger partial charge in [0.05, 0.1) is 0 Å². The Hall–Kier alpha value is -1.00. The van der Waals surface area contributed by atoms with Crippen molar-refractivity contribution in [3.63, 3.8) is 0 Å². The van der Waals surface area contributed by atoms with Crippen molar-refractivity contribution >= 4 is 0 Å². The lowest BCUT2D eigenvalue weighted by Crippen LogP contribution is -2.38. The number of nitrogens with zero attached hydrogens (tertiary/aromatic N) is 1. The molecule has 1 aromatic rings. The number of benzene rings is 1. The summed E-state index contributed by atoms with van der Waals surface area (Å²) in [6, 6.07) is 3.76. The van der Waals surface area contributed by atoms with Crippen LogP contribution in [0.2, 0.25) is 0 Å². The van der Waals surface area contributed by atoms with Crippen molar-refractivity contribution in [2.75, 3.05) is 26.7 Å². The number of likely N-dealkylation sites (tertiary alicyclic amines) is 1. The minimum atomic E-state index is -0.542. The summed E-state index contributed by atoms with van der Waals surface area (Å²) in [5.41, 5.74) is 5.97. The molecule has 0 amide bonds. The average molecular weight is 226 g/mol. The van der Waals surface area contributed by atoms with E-state index in [1.807, 2.05) is 7.05 Å². The van der Waals surface area contributed by atoms with Crippen LogP contribution in [0.15, 0.2) is 18.2 Å². The van der Waals surface area contributed by atoms with Crippen LogP contribution in [-0.2, 0) is 5.41 Å². The monoisotopic (exact) mass is 226 g/mol. The molecule has 4 heteroatoms. The second-order valence-electron chi connectivity index (χ2n) is 4.60. The molecule has 0 spiro atoms. The van der Waals surface area contributed by atoms with Gasteiger partial charge in [-0.2, -0.15) is 0 Å². The van der Waals surface area contributed by atoms with Gasteiger partial charge >= 0.3 is 0 Å². The molecule has 0 saturated carbocycles. The van der Waals surface area contributed by atoms with Gasteiger partial charge in [-0.25, -0.2) is 8.78 Å². The molecule has 1 aromatic carbocycles. The molecule has 0 bridgehead atoms. The van der Waals surface area contributed by atoms with Gasteiger partial charge in [0.1, 0.15) is 11.6 Å². The zero-order valence-electron chi connectivity index (χ0n) is 9.34. The normalized spacial score (nSPS) is 26.2. The van der Waals surface area contributed by atoms with Crippen molar-refractivity contribution in [1.29, 1.82) is 0 Å². The average Bonchev–Trinajstić information content (AvgIpc) is 2.61. The molecule has 88 valence electrons. The molecule has 2 rings (SSSR count). The van der Waals surface area contributed by atoms with E-state index in [2.05, 4.69) is 4.90 Å². The Balaban J connectivity index is 2.41. The number of hydrogen-bond acceptors (Lipinski definition) is 2. The summed E-state index contributed by atoms with van der Waals surface area (Å²) in [6.07, 6.45) is 0.822. The summed E-state index contributed by atoms with van der Waals surface area (Å²) < 4.78 is 26.6. The fourth-order valence-corrected chi connectivity index (χ4v) is 2.50. The Morgan fingerprint density at radius 2 is 2.19 bits per heavy atom. The van der Waals surface area contributed by atoms with Gasteiger partial charge in [0, 0.05) is 24.6 Å². The topological polar surface area (TPSA) is 29.3 Å². The van der Waals surface area contributed by atoms with Gasteiger partial charge in [0.2, 0.25) is 0 Å². The minimum Gasteiger partial charge on any atom is -0.330 e. The van der Waals surface area contributed by atoms with Crippen LogP contribution in [0, 0.1) is 11.6 Å².